The molecule has 6 N–H and O–H groups in total. The summed E-state index contributed by atoms with van der Waals surface area (Å²) in [5.74, 6) is -1.04. The fraction of sp³-hybridized carbons (Fsp3) is 0.500. The van der Waals surface area contributed by atoms with Crippen molar-refractivity contribution in [2.75, 3.05) is 6.73 Å². The monoisotopic (exact) mass is 149 g/mol. The van der Waals surface area contributed by atoms with E-state index in [-0.39, 0.29) is 12.7 Å². The van der Waals surface area contributed by atoms with Gasteiger partial charge in [0.05, 0.1) is 0 Å². The van der Waals surface area contributed by atoms with Crippen molar-refractivity contribution in [1.82, 2.24) is 5.32 Å². The molecule has 0 spiro atoms. The molecule has 0 aromatic rings. The van der Waals surface area contributed by atoms with Crippen molar-refractivity contribution in [2.24, 2.45) is 5.73 Å². The smallest absolute Gasteiger partial charge is 0.300 e. The van der Waals surface area contributed by atoms with Gasteiger partial charge in [0.25, 0.3) is 5.97 Å². The van der Waals surface area contributed by atoms with E-state index in [1.165, 1.54) is 0 Å². The Balaban J connectivity index is 0. The van der Waals surface area contributed by atoms with Gasteiger partial charge in [-0.1, -0.05) is 0 Å². The van der Waals surface area contributed by atoms with E-state index in [2.05, 4.69) is 5.32 Å². The molecule has 0 heterocycles. The maximum Gasteiger partial charge on any atom is 0.300 e. The Labute approximate surface area is 58.2 Å². The number of guanidine groups is 1. The molecule has 0 aromatic carbocycles. The summed E-state index contributed by atoms with van der Waals surface area (Å²) in [5, 5.41) is 23.8. The number of hydrogen-bond acceptors (Lipinski definition) is 3. The van der Waals surface area contributed by atoms with Crippen LogP contribution in [0.5, 0.6) is 0 Å². The molecule has 0 bridgehead atoms. The van der Waals surface area contributed by atoms with Crippen LogP contribution in [0.2, 0.25) is 0 Å². The first-order valence-electron chi connectivity index (χ1n) is 2.39. The first-order chi connectivity index (χ1) is 4.50. The van der Waals surface area contributed by atoms with Crippen LogP contribution in [0.3, 0.4) is 0 Å². The Hall–Kier alpha value is -1.30. The number of aliphatic hydroxyl groups excluding tert-OH is 1. The van der Waals surface area contributed by atoms with Crippen molar-refractivity contribution in [3.05, 3.63) is 0 Å². The SMILES string of the molecule is CC(=O)O.N=C(N)NCO. The van der Waals surface area contributed by atoms with E-state index >= 15 is 0 Å². The molecule has 6 nitrogen and oxygen atoms in total. The lowest BCUT2D eigenvalue weighted by molar-refractivity contribution is -0.134. The molecule has 0 radical (unpaired) electrons. The minimum absolute atomic E-state index is 0.211. The summed E-state index contributed by atoms with van der Waals surface area (Å²) < 4.78 is 0. The van der Waals surface area contributed by atoms with Gasteiger partial charge in [0.15, 0.2) is 5.96 Å². The minimum Gasteiger partial charge on any atom is -0.481 e. The van der Waals surface area contributed by atoms with Gasteiger partial charge >= 0.3 is 0 Å². The van der Waals surface area contributed by atoms with Gasteiger partial charge in [-0.25, -0.2) is 0 Å². The van der Waals surface area contributed by atoms with E-state index in [1.54, 1.807) is 0 Å². The molecule has 0 atom stereocenters. The molecule has 0 unspecified atom stereocenters. The zero-order valence-corrected chi connectivity index (χ0v) is 5.59. The first kappa shape index (κ1) is 11.5. The van der Waals surface area contributed by atoms with Crippen LogP contribution in [-0.2, 0) is 4.79 Å². The third-order valence-electron chi connectivity index (χ3n) is 0.270. The average molecular weight is 149 g/mol. The number of aliphatic carboxylic acids is 1. The molecule has 6 heteroatoms. The average Bonchev–Trinajstić information content (AvgIpc) is 1.62. The molecule has 0 aliphatic heterocycles. The maximum absolute atomic E-state index is 9.00. The highest BCUT2D eigenvalue weighted by atomic mass is 16.4. The second-order valence-electron chi connectivity index (χ2n) is 1.27. The van der Waals surface area contributed by atoms with Gasteiger partial charge in [0.2, 0.25) is 0 Å². The summed E-state index contributed by atoms with van der Waals surface area (Å²) in [6.07, 6.45) is 0. The van der Waals surface area contributed by atoms with E-state index in [0.717, 1.165) is 6.92 Å². The molecular formula is C4H11N3O3. The fourth-order valence-electron chi connectivity index (χ4n) is 0.0852. The Morgan fingerprint density at radius 3 is 2.10 bits per heavy atom. The van der Waals surface area contributed by atoms with E-state index in [0.29, 0.717) is 0 Å². The number of hydrogen-bond donors (Lipinski definition) is 5. The molecule has 0 saturated heterocycles. The summed E-state index contributed by atoms with van der Waals surface area (Å²) in [6.45, 7) is 0.815. The summed E-state index contributed by atoms with van der Waals surface area (Å²) in [4.78, 5) is 9.00. The zero-order valence-electron chi connectivity index (χ0n) is 5.59. The van der Waals surface area contributed by atoms with Crippen LogP contribution >= 0.6 is 0 Å². The second kappa shape index (κ2) is 7.70. The largest absolute Gasteiger partial charge is 0.481 e. The van der Waals surface area contributed by atoms with E-state index in [4.69, 9.17) is 26.2 Å². The Bertz CT molecular complexity index is 110. The summed E-state index contributed by atoms with van der Waals surface area (Å²) in [6, 6.07) is 0. The van der Waals surface area contributed by atoms with E-state index < -0.39 is 5.97 Å². The highest BCUT2D eigenvalue weighted by molar-refractivity contribution is 5.73. The van der Waals surface area contributed by atoms with E-state index in [9.17, 15) is 0 Å². The van der Waals surface area contributed by atoms with Gasteiger partial charge in [-0.3, -0.25) is 10.2 Å². The summed E-state index contributed by atoms with van der Waals surface area (Å²) in [7, 11) is 0. The number of carboxylic acid groups (broad SMARTS) is 1. The van der Waals surface area contributed by atoms with Crippen molar-refractivity contribution < 1.29 is 15.0 Å². The fourth-order valence-corrected chi connectivity index (χ4v) is 0.0852. The van der Waals surface area contributed by atoms with Gasteiger partial charge in [0.1, 0.15) is 6.73 Å². The van der Waals surface area contributed by atoms with Crippen LogP contribution in [0.15, 0.2) is 0 Å². The Kier molecular flexibility index (Phi) is 8.85. The molecule has 0 saturated carbocycles. The summed E-state index contributed by atoms with van der Waals surface area (Å²) >= 11 is 0. The van der Waals surface area contributed by atoms with Crippen LogP contribution in [0.4, 0.5) is 0 Å². The molecule has 0 aromatic heterocycles. The Morgan fingerprint density at radius 2 is 2.10 bits per heavy atom. The number of aliphatic hydroxyl groups is 1. The number of carboxylic acids is 1. The molecule has 10 heavy (non-hydrogen) atoms. The Morgan fingerprint density at radius 1 is 1.80 bits per heavy atom. The van der Waals surface area contributed by atoms with E-state index in [1.807, 2.05) is 0 Å². The number of rotatable bonds is 1. The maximum atomic E-state index is 9.00. The van der Waals surface area contributed by atoms with Crippen molar-refractivity contribution in [1.29, 1.82) is 5.41 Å². The van der Waals surface area contributed by atoms with Crippen LogP contribution in [0, 0.1) is 5.41 Å². The quantitative estimate of drug-likeness (QED) is 0.177. The standard InChI is InChI=1S/C2H7N3O.C2H4O2/c3-2(4)5-1-6;1-2(3)4/h6H,1H2,(H4,3,4,5);1H3,(H,3,4). The normalized spacial score (nSPS) is 7.00. The highest BCUT2D eigenvalue weighted by Crippen LogP contribution is 1.42. The molecule has 0 aliphatic carbocycles. The molecule has 0 rings (SSSR count). The third kappa shape index (κ3) is 75.3. The third-order valence-corrected chi connectivity index (χ3v) is 0.270. The van der Waals surface area contributed by atoms with Crippen LogP contribution in [0.25, 0.3) is 0 Å². The highest BCUT2D eigenvalue weighted by Gasteiger charge is 1.74. The van der Waals surface area contributed by atoms with Gasteiger partial charge < -0.3 is 21.3 Å². The molecule has 60 valence electrons. The molecular weight excluding hydrogens is 138 g/mol. The van der Waals surface area contributed by atoms with Gasteiger partial charge in [-0.15, -0.1) is 0 Å². The first-order valence-corrected chi connectivity index (χ1v) is 2.39. The molecule has 0 fully saturated rings. The predicted molar refractivity (Wildman–Crippen MR) is 35.4 cm³/mol. The zero-order chi connectivity index (χ0) is 8.57. The minimum atomic E-state index is -0.833. The van der Waals surface area contributed by atoms with Crippen LogP contribution < -0.4 is 11.1 Å². The van der Waals surface area contributed by atoms with Gasteiger partial charge in [-0.05, 0) is 0 Å². The molecule has 0 aliphatic rings. The van der Waals surface area contributed by atoms with Crippen molar-refractivity contribution in [3.8, 4) is 0 Å². The number of carbonyl (C=O) groups is 1. The number of nitrogens with one attached hydrogen (secondary N) is 2. The second-order valence-corrected chi connectivity index (χ2v) is 1.27. The predicted octanol–water partition coefficient (Wildman–Crippen LogP) is -1.49. The van der Waals surface area contributed by atoms with Crippen molar-refractivity contribution in [3.63, 3.8) is 0 Å². The number of nitrogens with two attached hydrogens (primary N) is 1. The van der Waals surface area contributed by atoms with Crippen molar-refractivity contribution in [2.45, 2.75) is 6.92 Å². The lowest BCUT2D eigenvalue weighted by Gasteiger charge is -1.92. The van der Waals surface area contributed by atoms with Gasteiger partial charge in [0, 0.05) is 6.92 Å². The van der Waals surface area contributed by atoms with Crippen molar-refractivity contribution >= 4 is 11.9 Å². The lowest BCUT2D eigenvalue weighted by Crippen LogP contribution is -2.30. The topological polar surface area (TPSA) is 119 Å². The summed E-state index contributed by atoms with van der Waals surface area (Å²) in [5.41, 5.74) is 4.72. The van der Waals surface area contributed by atoms with Gasteiger partial charge in [-0.2, -0.15) is 0 Å². The lowest BCUT2D eigenvalue weighted by atomic mass is 10.9. The van der Waals surface area contributed by atoms with Crippen LogP contribution in [-0.4, -0.2) is 28.9 Å². The van der Waals surface area contributed by atoms with Crippen LogP contribution in [0.1, 0.15) is 6.92 Å². The molecule has 0 amide bonds.